The molecule has 1 aromatic heterocycles. The van der Waals surface area contributed by atoms with E-state index in [0.29, 0.717) is 18.3 Å². The van der Waals surface area contributed by atoms with Crippen LogP contribution in [0.15, 0.2) is 4.52 Å². The van der Waals surface area contributed by atoms with Gasteiger partial charge in [0.25, 0.3) is 0 Å². The van der Waals surface area contributed by atoms with E-state index in [9.17, 15) is 4.79 Å². The highest BCUT2D eigenvalue weighted by Crippen LogP contribution is 2.40. The molecule has 1 aromatic rings. The maximum Gasteiger partial charge on any atom is 0.240 e. The minimum absolute atomic E-state index is 0.171. The summed E-state index contributed by atoms with van der Waals surface area (Å²) in [6, 6.07) is 0. The number of thioether (sulfide) groups is 1. The van der Waals surface area contributed by atoms with Crippen LogP contribution in [0.4, 0.5) is 0 Å². The van der Waals surface area contributed by atoms with Crippen molar-refractivity contribution in [2.45, 2.75) is 44.9 Å². The topological polar surface area (TPSA) is 62.5 Å². The average molecular weight is 338 g/mol. The molecule has 6 nitrogen and oxygen atoms in total. The van der Waals surface area contributed by atoms with Crippen molar-refractivity contribution in [2.24, 2.45) is 5.41 Å². The van der Waals surface area contributed by atoms with Crippen molar-refractivity contribution in [1.29, 1.82) is 0 Å². The van der Waals surface area contributed by atoms with E-state index in [1.54, 1.807) is 11.8 Å². The van der Waals surface area contributed by atoms with Crippen molar-refractivity contribution in [3.8, 4) is 0 Å². The van der Waals surface area contributed by atoms with E-state index in [-0.39, 0.29) is 5.41 Å². The second-order valence-corrected chi connectivity index (χ2v) is 7.54. The van der Waals surface area contributed by atoms with Crippen molar-refractivity contribution < 1.29 is 9.32 Å². The highest BCUT2D eigenvalue weighted by atomic mass is 32.2. The van der Waals surface area contributed by atoms with Crippen LogP contribution in [-0.4, -0.2) is 58.3 Å². The molecule has 0 radical (unpaired) electrons. The fraction of sp³-hybridized carbons (Fsp3) is 0.812. The van der Waals surface area contributed by atoms with Gasteiger partial charge in [0.05, 0.1) is 17.7 Å². The Morgan fingerprint density at radius 1 is 1.35 bits per heavy atom. The van der Waals surface area contributed by atoms with Crippen LogP contribution in [0.1, 0.15) is 44.3 Å². The summed E-state index contributed by atoms with van der Waals surface area (Å²) in [6.07, 6.45) is 6.16. The minimum atomic E-state index is -0.171. The quantitative estimate of drug-likeness (QED) is 0.792. The molecule has 0 bridgehead atoms. The highest BCUT2D eigenvalue weighted by Gasteiger charge is 2.48. The van der Waals surface area contributed by atoms with Gasteiger partial charge in [-0.25, -0.2) is 0 Å². The van der Waals surface area contributed by atoms with Gasteiger partial charge in [-0.05, 0) is 38.5 Å². The van der Waals surface area contributed by atoms with E-state index < -0.39 is 0 Å². The lowest BCUT2D eigenvalue weighted by atomic mass is 9.78. The zero-order valence-electron chi connectivity index (χ0n) is 14.1. The maximum absolute atomic E-state index is 12.9. The van der Waals surface area contributed by atoms with Gasteiger partial charge in [0.1, 0.15) is 0 Å². The molecule has 1 spiro atoms. The van der Waals surface area contributed by atoms with Crippen molar-refractivity contribution in [3.63, 3.8) is 0 Å². The molecule has 0 N–H and O–H groups in total. The van der Waals surface area contributed by atoms with Crippen LogP contribution < -0.4 is 0 Å². The van der Waals surface area contributed by atoms with Crippen molar-refractivity contribution in [2.75, 3.05) is 32.4 Å². The second-order valence-electron chi connectivity index (χ2n) is 6.67. The highest BCUT2D eigenvalue weighted by molar-refractivity contribution is 7.97. The van der Waals surface area contributed by atoms with Crippen molar-refractivity contribution >= 4 is 17.7 Å². The van der Waals surface area contributed by atoms with Crippen LogP contribution in [-0.2, 0) is 17.1 Å². The molecule has 128 valence electrons. The van der Waals surface area contributed by atoms with E-state index in [2.05, 4.69) is 26.9 Å². The molecular formula is C16H26N4O2S. The SMILES string of the molecule is CCCN1CCCC2(CCN(Cc3nc(CSC)no3)C2)C1=O. The van der Waals surface area contributed by atoms with Crippen LogP contribution >= 0.6 is 11.8 Å². The molecule has 2 aliphatic heterocycles. The standard InChI is InChI=1S/C16H26N4O2S/c1-3-7-20-8-4-5-16(15(20)21)6-9-19(12-16)10-14-17-13(11-23-2)18-22-14/h3-12H2,1-2H3. The Kier molecular flexibility index (Phi) is 5.26. The molecule has 23 heavy (non-hydrogen) atoms. The van der Waals surface area contributed by atoms with E-state index in [1.165, 1.54) is 0 Å². The Morgan fingerprint density at radius 2 is 2.22 bits per heavy atom. The number of carbonyl (C=O) groups is 1. The number of hydrogen-bond acceptors (Lipinski definition) is 6. The fourth-order valence-electron chi connectivity index (χ4n) is 3.84. The molecule has 2 aliphatic rings. The lowest BCUT2D eigenvalue weighted by Crippen LogP contribution is -2.50. The summed E-state index contributed by atoms with van der Waals surface area (Å²) in [5.41, 5.74) is -0.171. The van der Waals surface area contributed by atoms with Gasteiger partial charge in [-0.1, -0.05) is 12.1 Å². The molecule has 0 aromatic carbocycles. The van der Waals surface area contributed by atoms with Crippen molar-refractivity contribution in [3.05, 3.63) is 11.7 Å². The van der Waals surface area contributed by atoms with Crippen LogP contribution in [0.5, 0.6) is 0 Å². The van der Waals surface area contributed by atoms with Gasteiger partial charge >= 0.3 is 0 Å². The zero-order valence-corrected chi connectivity index (χ0v) is 14.9. The van der Waals surface area contributed by atoms with Gasteiger partial charge in [-0.15, -0.1) is 0 Å². The largest absolute Gasteiger partial charge is 0.342 e. The van der Waals surface area contributed by atoms with Crippen LogP contribution in [0, 0.1) is 5.41 Å². The summed E-state index contributed by atoms with van der Waals surface area (Å²) in [6.45, 7) is 6.37. The molecule has 1 atom stereocenters. The third-order valence-corrected chi connectivity index (χ3v) is 5.44. The molecule has 1 unspecified atom stereocenters. The van der Waals surface area contributed by atoms with Gasteiger partial charge < -0.3 is 9.42 Å². The predicted molar refractivity (Wildman–Crippen MR) is 89.9 cm³/mol. The normalized spacial score (nSPS) is 25.7. The van der Waals surface area contributed by atoms with E-state index in [1.807, 2.05) is 6.26 Å². The van der Waals surface area contributed by atoms with Crippen molar-refractivity contribution in [1.82, 2.24) is 19.9 Å². The lowest BCUT2D eigenvalue weighted by Gasteiger charge is -2.39. The minimum Gasteiger partial charge on any atom is -0.342 e. The molecule has 1 amide bonds. The van der Waals surface area contributed by atoms with E-state index in [0.717, 1.165) is 63.4 Å². The van der Waals surface area contributed by atoms with E-state index >= 15 is 0 Å². The molecule has 3 rings (SSSR count). The fourth-order valence-corrected chi connectivity index (χ4v) is 4.22. The average Bonchev–Trinajstić information content (AvgIpc) is 3.14. The first-order valence-electron chi connectivity index (χ1n) is 8.49. The van der Waals surface area contributed by atoms with Gasteiger partial charge in [-0.2, -0.15) is 16.7 Å². The number of carbonyl (C=O) groups excluding carboxylic acids is 1. The Labute approximate surface area is 142 Å². The summed E-state index contributed by atoms with van der Waals surface area (Å²) in [5, 5.41) is 3.99. The molecule has 2 fully saturated rings. The molecular weight excluding hydrogens is 312 g/mol. The first kappa shape index (κ1) is 16.8. The first-order chi connectivity index (χ1) is 11.2. The van der Waals surface area contributed by atoms with Gasteiger partial charge in [-0.3, -0.25) is 9.69 Å². The summed E-state index contributed by atoms with van der Waals surface area (Å²) < 4.78 is 5.33. The third kappa shape index (κ3) is 3.55. The Hall–Kier alpha value is -1.08. The number of likely N-dealkylation sites (tertiary alicyclic amines) is 2. The van der Waals surface area contributed by atoms with E-state index in [4.69, 9.17) is 4.52 Å². The second kappa shape index (κ2) is 7.21. The first-order valence-corrected chi connectivity index (χ1v) is 9.88. The molecule has 0 saturated carbocycles. The van der Waals surface area contributed by atoms with Crippen LogP contribution in [0.3, 0.4) is 0 Å². The zero-order chi connectivity index (χ0) is 16.3. The summed E-state index contributed by atoms with van der Waals surface area (Å²) in [4.78, 5) is 21.7. The van der Waals surface area contributed by atoms with Crippen LogP contribution in [0.25, 0.3) is 0 Å². The smallest absolute Gasteiger partial charge is 0.240 e. The molecule has 2 saturated heterocycles. The number of aromatic nitrogens is 2. The van der Waals surface area contributed by atoms with Crippen LogP contribution in [0.2, 0.25) is 0 Å². The third-order valence-electron chi connectivity index (χ3n) is 4.89. The monoisotopic (exact) mass is 338 g/mol. The number of amides is 1. The Morgan fingerprint density at radius 3 is 3.00 bits per heavy atom. The lowest BCUT2D eigenvalue weighted by molar-refractivity contribution is -0.145. The van der Waals surface area contributed by atoms with Gasteiger partial charge in [0.15, 0.2) is 5.82 Å². The molecule has 7 heteroatoms. The number of hydrogen-bond donors (Lipinski definition) is 0. The molecule has 3 heterocycles. The maximum atomic E-state index is 12.9. The number of piperidine rings is 1. The Balaban J connectivity index is 1.61. The summed E-state index contributed by atoms with van der Waals surface area (Å²) in [5.74, 6) is 2.56. The predicted octanol–water partition coefficient (Wildman–Crippen LogP) is 2.16. The number of rotatable bonds is 6. The van der Waals surface area contributed by atoms with Gasteiger partial charge in [0.2, 0.25) is 11.8 Å². The Bertz CT molecular complexity index is 548. The molecule has 0 aliphatic carbocycles. The number of nitrogens with zero attached hydrogens (tertiary/aromatic N) is 4. The summed E-state index contributed by atoms with van der Waals surface area (Å²) in [7, 11) is 0. The summed E-state index contributed by atoms with van der Waals surface area (Å²) >= 11 is 1.68. The van der Waals surface area contributed by atoms with Gasteiger partial charge in [0, 0.05) is 19.6 Å².